The molecule has 0 aliphatic heterocycles. The van der Waals surface area contributed by atoms with Crippen LogP contribution in [0.25, 0.3) is 0 Å². The third kappa shape index (κ3) is 2.90. The molecular weight excluding hydrogens is 302 g/mol. The second kappa shape index (κ2) is 5.49. The van der Waals surface area contributed by atoms with Crippen molar-refractivity contribution in [3.63, 3.8) is 0 Å². The molecule has 9 heteroatoms. The third-order valence-corrected chi connectivity index (χ3v) is 2.48. The molecular formula is C11H6ClF4N3O. The predicted molar refractivity (Wildman–Crippen MR) is 62.1 cm³/mol. The van der Waals surface area contributed by atoms with Crippen LogP contribution in [0, 0.1) is 23.3 Å². The molecule has 0 aliphatic rings. The van der Waals surface area contributed by atoms with Crippen molar-refractivity contribution in [2.24, 2.45) is 0 Å². The van der Waals surface area contributed by atoms with Crippen LogP contribution in [0.5, 0.6) is 0 Å². The monoisotopic (exact) mass is 307 g/mol. The lowest BCUT2D eigenvalue weighted by molar-refractivity contribution is -0.116. The average molecular weight is 308 g/mol. The zero-order chi connectivity index (χ0) is 14.9. The summed E-state index contributed by atoms with van der Waals surface area (Å²) in [6.07, 6.45) is 2.54. The minimum Gasteiger partial charge on any atom is -0.319 e. The number of halogens is 5. The molecule has 106 valence electrons. The van der Waals surface area contributed by atoms with E-state index in [1.165, 1.54) is 12.4 Å². The Balaban J connectivity index is 2.20. The first kappa shape index (κ1) is 14.3. The van der Waals surface area contributed by atoms with E-state index in [9.17, 15) is 22.4 Å². The van der Waals surface area contributed by atoms with E-state index in [-0.39, 0.29) is 11.1 Å². The lowest BCUT2D eigenvalue weighted by Gasteiger charge is -2.08. The van der Waals surface area contributed by atoms with Gasteiger partial charge in [-0.2, -0.15) is 5.10 Å². The summed E-state index contributed by atoms with van der Waals surface area (Å²) < 4.78 is 53.6. The summed E-state index contributed by atoms with van der Waals surface area (Å²) in [5.74, 6) is -7.51. The van der Waals surface area contributed by atoms with Gasteiger partial charge in [-0.05, 0) is 0 Å². The Morgan fingerprint density at radius 1 is 1.25 bits per heavy atom. The van der Waals surface area contributed by atoms with Gasteiger partial charge in [0.25, 0.3) is 0 Å². The standard InChI is InChI=1S/C11H6ClF4N3O/c12-5-2-17-19(3-5)4-8(20)18-11-9(15)6(13)1-7(14)10(11)16/h1-3H,4H2,(H,18,20). The van der Waals surface area contributed by atoms with Crippen molar-refractivity contribution in [1.29, 1.82) is 0 Å². The second-order valence-corrected chi connectivity index (χ2v) is 4.18. The van der Waals surface area contributed by atoms with Gasteiger partial charge in [-0.25, -0.2) is 17.6 Å². The Morgan fingerprint density at radius 3 is 2.35 bits per heavy atom. The Bertz CT molecular complexity index is 648. The summed E-state index contributed by atoms with van der Waals surface area (Å²) in [7, 11) is 0. The maximum Gasteiger partial charge on any atom is 0.246 e. The van der Waals surface area contributed by atoms with Crippen LogP contribution in [0.2, 0.25) is 5.02 Å². The van der Waals surface area contributed by atoms with Gasteiger partial charge in [0.2, 0.25) is 5.91 Å². The van der Waals surface area contributed by atoms with Crippen molar-refractivity contribution in [2.75, 3.05) is 5.32 Å². The van der Waals surface area contributed by atoms with E-state index in [1.54, 1.807) is 5.32 Å². The van der Waals surface area contributed by atoms with Gasteiger partial charge < -0.3 is 5.32 Å². The average Bonchev–Trinajstić information content (AvgIpc) is 2.77. The lowest BCUT2D eigenvalue weighted by atomic mass is 10.2. The van der Waals surface area contributed by atoms with Crippen LogP contribution in [0.1, 0.15) is 0 Å². The fourth-order valence-corrected chi connectivity index (χ4v) is 1.59. The molecule has 0 unspecified atom stereocenters. The van der Waals surface area contributed by atoms with E-state index in [0.717, 1.165) is 4.68 Å². The highest BCUT2D eigenvalue weighted by molar-refractivity contribution is 6.30. The molecule has 0 aliphatic carbocycles. The quantitative estimate of drug-likeness (QED) is 0.700. The molecule has 0 bridgehead atoms. The van der Waals surface area contributed by atoms with Crippen LogP contribution in [-0.4, -0.2) is 15.7 Å². The molecule has 1 aromatic carbocycles. The van der Waals surface area contributed by atoms with Crippen molar-refractivity contribution in [3.05, 3.63) is 46.8 Å². The van der Waals surface area contributed by atoms with Crippen molar-refractivity contribution in [3.8, 4) is 0 Å². The molecule has 1 amide bonds. The predicted octanol–water partition coefficient (Wildman–Crippen LogP) is 2.73. The molecule has 0 saturated heterocycles. The minimum atomic E-state index is -1.68. The van der Waals surface area contributed by atoms with Crippen LogP contribution < -0.4 is 5.32 Å². The van der Waals surface area contributed by atoms with Crippen LogP contribution in [-0.2, 0) is 11.3 Å². The Morgan fingerprint density at radius 2 is 1.85 bits per heavy atom. The Kier molecular flexibility index (Phi) is 3.93. The summed E-state index contributed by atoms with van der Waals surface area (Å²) in [5, 5.41) is 5.67. The summed E-state index contributed by atoms with van der Waals surface area (Å²) in [6.45, 7) is -0.427. The first-order valence-corrected chi connectivity index (χ1v) is 5.57. The Labute approximate surface area is 115 Å². The summed E-state index contributed by atoms with van der Waals surface area (Å²) >= 11 is 5.56. The van der Waals surface area contributed by atoms with Gasteiger partial charge in [0.05, 0.1) is 11.2 Å². The fraction of sp³-hybridized carbons (Fsp3) is 0.0909. The number of carbonyl (C=O) groups is 1. The molecule has 1 N–H and O–H groups in total. The maximum atomic E-state index is 13.3. The van der Waals surface area contributed by atoms with E-state index in [0.29, 0.717) is 0 Å². The van der Waals surface area contributed by atoms with E-state index in [1.807, 2.05) is 0 Å². The second-order valence-electron chi connectivity index (χ2n) is 3.75. The smallest absolute Gasteiger partial charge is 0.246 e. The highest BCUT2D eigenvalue weighted by atomic mass is 35.5. The number of rotatable bonds is 3. The zero-order valence-electron chi connectivity index (χ0n) is 9.63. The van der Waals surface area contributed by atoms with Crippen molar-refractivity contribution in [1.82, 2.24) is 9.78 Å². The normalized spacial score (nSPS) is 10.7. The number of benzene rings is 1. The highest BCUT2D eigenvalue weighted by Gasteiger charge is 2.21. The zero-order valence-corrected chi connectivity index (χ0v) is 10.4. The topological polar surface area (TPSA) is 46.9 Å². The number of nitrogens with one attached hydrogen (secondary N) is 1. The largest absolute Gasteiger partial charge is 0.319 e. The number of amides is 1. The SMILES string of the molecule is O=C(Cn1cc(Cl)cn1)Nc1c(F)c(F)cc(F)c1F. The van der Waals surface area contributed by atoms with E-state index in [2.05, 4.69) is 5.10 Å². The number of hydrogen-bond acceptors (Lipinski definition) is 2. The molecule has 20 heavy (non-hydrogen) atoms. The van der Waals surface area contributed by atoms with Gasteiger partial charge in [-0.1, -0.05) is 11.6 Å². The molecule has 0 spiro atoms. The van der Waals surface area contributed by atoms with Crippen molar-refractivity contribution < 1.29 is 22.4 Å². The van der Waals surface area contributed by atoms with Crippen LogP contribution in [0.15, 0.2) is 18.5 Å². The molecule has 4 nitrogen and oxygen atoms in total. The number of hydrogen-bond donors (Lipinski definition) is 1. The molecule has 2 rings (SSSR count). The molecule has 2 aromatic rings. The van der Waals surface area contributed by atoms with Crippen LogP contribution >= 0.6 is 11.6 Å². The van der Waals surface area contributed by atoms with Gasteiger partial charge in [0.15, 0.2) is 23.3 Å². The number of anilines is 1. The fourth-order valence-electron chi connectivity index (χ4n) is 1.43. The number of nitrogens with zero attached hydrogens (tertiary/aromatic N) is 2. The van der Waals surface area contributed by atoms with Gasteiger partial charge >= 0.3 is 0 Å². The molecule has 0 saturated carbocycles. The summed E-state index contributed by atoms with van der Waals surface area (Å²) in [6, 6.07) is 0.0492. The molecule has 0 atom stereocenters. The maximum absolute atomic E-state index is 13.3. The highest BCUT2D eigenvalue weighted by Crippen LogP contribution is 2.24. The van der Waals surface area contributed by atoms with Gasteiger partial charge in [0, 0.05) is 12.3 Å². The van der Waals surface area contributed by atoms with E-state index < -0.39 is 41.4 Å². The van der Waals surface area contributed by atoms with Gasteiger partial charge in [-0.3, -0.25) is 9.48 Å². The minimum absolute atomic E-state index is 0.0492. The van der Waals surface area contributed by atoms with E-state index >= 15 is 0 Å². The van der Waals surface area contributed by atoms with Gasteiger partial charge in [-0.15, -0.1) is 0 Å². The number of aromatic nitrogens is 2. The van der Waals surface area contributed by atoms with Gasteiger partial charge in [0.1, 0.15) is 12.2 Å². The van der Waals surface area contributed by atoms with Crippen LogP contribution in [0.4, 0.5) is 23.2 Å². The summed E-state index contributed by atoms with van der Waals surface area (Å²) in [5.41, 5.74) is -1.19. The number of carbonyl (C=O) groups excluding carboxylic acids is 1. The molecule has 1 aromatic heterocycles. The lowest BCUT2D eigenvalue weighted by Crippen LogP contribution is -2.21. The molecule has 0 radical (unpaired) electrons. The molecule has 0 fully saturated rings. The van der Waals surface area contributed by atoms with E-state index in [4.69, 9.17) is 11.6 Å². The molecule has 1 heterocycles. The first-order chi connectivity index (χ1) is 9.38. The third-order valence-electron chi connectivity index (χ3n) is 2.28. The Hall–Kier alpha value is -2.09. The summed E-state index contributed by atoms with van der Waals surface area (Å²) in [4.78, 5) is 11.5. The van der Waals surface area contributed by atoms with Crippen molar-refractivity contribution in [2.45, 2.75) is 6.54 Å². The van der Waals surface area contributed by atoms with Crippen LogP contribution in [0.3, 0.4) is 0 Å². The first-order valence-electron chi connectivity index (χ1n) is 5.19. The van der Waals surface area contributed by atoms with Crippen molar-refractivity contribution >= 4 is 23.2 Å².